The molecule has 0 fully saturated rings. The van der Waals surface area contributed by atoms with Crippen LogP contribution >= 0.6 is 0 Å². The minimum atomic E-state index is -1.15. The fourth-order valence-electron chi connectivity index (χ4n) is 1.51. The van der Waals surface area contributed by atoms with Gasteiger partial charge >= 0.3 is 0 Å². The van der Waals surface area contributed by atoms with Crippen LogP contribution in [0.5, 0.6) is 0 Å². The van der Waals surface area contributed by atoms with Gasteiger partial charge in [-0.2, -0.15) is 0 Å². The molecule has 0 radical (unpaired) electrons. The molecule has 0 amide bonds. The minimum Gasteiger partial charge on any atom is -0.460 e. The van der Waals surface area contributed by atoms with Gasteiger partial charge in [0.1, 0.15) is 17.2 Å². The number of hydrogen-bond acceptors (Lipinski definition) is 2. The predicted molar refractivity (Wildman–Crippen MR) is 70.9 cm³/mol. The summed E-state index contributed by atoms with van der Waals surface area (Å²) in [5, 5.41) is 0.716. The molecule has 0 saturated carbocycles. The average molecular weight is 269 g/mol. The van der Waals surface area contributed by atoms with Gasteiger partial charge in [0, 0.05) is 5.39 Å². The first-order valence-corrected chi connectivity index (χ1v) is 6.84. The quantitative estimate of drug-likeness (QED) is 0.930. The highest BCUT2D eigenvalue weighted by Crippen LogP contribution is 2.20. The van der Waals surface area contributed by atoms with Gasteiger partial charge < -0.3 is 4.42 Å². The SMILES string of the molecule is CC(C)(C)[S@@](=O)NCc1cc2cc(F)ccc2o1. The van der Waals surface area contributed by atoms with Crippen LogP contribution in [0.25, 0.3) is 11.0 Å². The van der Waals surface area contributed by atoms with E-state index in [-0.39, 0.29) is 10.6 Å². The molecule has 1 atom stereocenters. The number of furan rings is 1. The number of benzene rings is 1. The Balaban J connectivity index is 2.11. The van der Waals surface area contributed by atoms with E-state index in [1.807, 2.05) is 20.8 Å². The van der Waals surface area contributed by atoms with Gasteiger partial charge in [0.15, 0.2) is 0 Å². The summed E-state index contributed by atoms with van der Waals surface area (Å²) in [5.41, 5.74) is 0.634. The number of halogens is 1. The second kappa shape index (κ2) is 4.82. The van der Waals surface area contributed by atoms with Gasteiger partial charge in [-0.15, -0.1) is 0 Å². The van der Waals surface area contributed by atoms with E-state index in [0.29, 0.717) is 23.3 Å². The summed E-state index contributed by atoms with van der Waals surface area (Å²) in [4.78, 5) is 0. The maximum Gasteiger partial charge on any atom is 0.134 e. The van der Waals surface area contributed by atoms with Gasteiger partial charge in [0.05, 0.1) is 22.3 Å². The maximum atomic E-state index is 13.0. The van der Waals surface area contributed by atoms with Crippen molar-refractivity contribution in [2.45, 2.75) is 32.1 Å². The molecule has 2 aromatic rings. The molecule has 0 unspecified atom stereocenters. The third kappa shape index (κ3) is 2.97. The smallest absolute Gasteiger partial charge is 0.134 e. The first-order valence-electron chi connectivity index (χ1n) is 5.69. The number of rotatable bonds is 3. The molecular formula is C13H16FNO2S. The van der Waals surface area contributed by atoms with E-state index in [9.17, 15) is 8.60 Å². The summed E-state index contributed by atoms with van der Waals surface area (Å²) in [6.07, 6.45) is 0. The first-order chi connectivity index (χ1) is 8.36. The summed E-state index contributed by atoms with van der Waals surface area (Å²) in [6, 6.07) is 6.12. The molecule has 1 aromatic heterocycles. The molecule has 0 spiro atoms. The van der Waals surface area contributed by atoms with Gasteiger partial charge in [-0.05, 0) is 45.0 Å². The monoisotopic (exact) mass is 269 g/mol. The van der Waals surface area contributed by atoms with E-state index in [1.165, 1.54) is 12.1 Å². The van der Waals surface area contributed by atoms with Crippen molar-refractivity contribution < 1.29 is 13.0 Å². The summed E-state index contributed by atoms with van der Waals surface area (Å²) >= 11 is 0. The summed E-state index contributed by atoms with van der Waals surface area (Å²) in [5.74, 6) is 0.356. The van der Waals surface area contributed by atoms with Crippen molar-refractivity contribution in [1.29, 1.82) is 0 Å². The molecule has 18 heavy (non-hydrogen) atoms. The zero-order valence-corrected chi connectivity index (χ0v) is 11.4. The second-order valence-electron chi connectivity index (χ2n) is 5.10. The molecule has 5 heteroatoms. The van der Waals surface area contributed by atoms with E-state index in [4.69, 9.17) is 4.42 Å². The van der Waals surface area contributed by atoms with Crippen molar-refractivity contribution in [2.75, 3.05) is 0 Å². The Morgan fingerprint density at radius 2 is 2.06 bits per heavy atom. The van der Waals surface area contributed by atoms with Crippen LogP contribution in [0.3, 0.4) is 0 Å². The molecule has 0 aliphatic rings. The molecule has 0 aliphatic carbocycles. The van der Waals surface area contributed by atoms with E-state index in [0.717, 1.165) is 0 Å². The zero-order chi connectivity index (χ0) is 13.3. The lowest BCUT2D eigenvalue weighted by molar-refractivity contribution is 0.538. The number of fused-ring (bicyclic) bond motifs is 1. The normalized spacial score (nSPS) is 14.0. The Kier molecular flexibility index (Phi) is 3.54. The van der Waals surface area contributed by atoms with E-state index in [1.54, 1.807) is 12.1 Å². The van der Waals surface area contributed by atoms with Crippen LogP contribution in [0.4, 0.5) is 4.39 Å². The topological polar surface area (TPSA) is 42.2 Å². The van der Waals surface area contributed by atoms with Crippen molar-refractivity contribution in [3.63, 3.8) is 0 Å². The van der Waals surface area contributed by atoms with Crippen molar-refractivity contribution in [2.24, 2.45) is 0 Å². The second-order valence-corrected chi connectivity index (χ2v) is 7.15. The molecule has 3 nitrogen and oxygen atoms in total. The van der Waals surface area contributed by atoms with Crippen LogP contribution in [0.15, 0.2) is 28.7 Å². The lowest BCUT2D eigenvalue weighted by Gasteiger charge is -2.17. The van der Waals surface area contributed by atoms with Crippen molar-refractivity contribution >= 4 is 22.0 Å². The van der Waals surface area contributed by atoms with Crippen LogP contribution in [-0.2, 0) is 17.5 Å². The number of hydrogen-bond donors (Lipinski definition) is 1. The Labute approximate surface area is 108 Å². The lowest BCUT2D eigenvalue weighted by atomic mass is 10.2. The fourth-order valence-corrected chi connectivity index (χ4v) is 2.22. The van der Waals surface area contributed by atoms with Gasteiger partial charge in [0.2, 0.25) is 0 Å². The third-order valence-corrected chi connectivity index (χ3v) is 3.98. The van der Waals surface area contributed by atoms with Gasteiger partial charge in [-0.3, -0.25) is 0 Å². The van der Waals surface area contributed by atoms with Crippen molar-refractivity contribution in [3.05, 3.63) is 35.8 Å². The van der Waals surface area contributed by atoms with Gasteiger partial charge in [-0.25, -0.2) is 13.3 Å². The van der Waals surface area contributed by atoms with Crippen LogP contribution in [-0.4, -0.2) is 8.96 Å². The maximum absolute atomic E-state index is 13.0. The molecule has 0 saturated heterocycles. The highest BCUT2D eigenvalue weighted by molar-refractivity contribution is 7.84. The molecule has 1 N–H and O–H groups in total. The van der Waals surface area contributed by atoms with Crippen molar-refractivity contribution in [3.8, 4) is 0 Å². The molecule has 0 bridgehead atoms. The average Bonchev–Trinajstić information content (AvgIpc) is 2.66. The minimum absolute atomic E-state index is 0.291. The molecule has 2 rings (SSSR count). The molecule has 1 heterocycles. The zero-order valence-electron chi connectivity index (χ0n) is 10.6. The number of nitrogens with one attached hydrogen (secondary N) is 1. The predicted octanol–water partition coefficient (Wildman–Crippen LogP) is 3.12. The Bertz CT molecular complexity index is 586. The Morgan fingerprint density at radius 1 is 1.33 bits per heavy atom. The standard InChI is InChI=1S/C13H16FNO2S/c1-13(2,3)18(16)15-8-11-7-9-6-10(14)4-5-12(9)17-11/h4-7,15H,8H2,1-3H3/t18-/m1/s1. The molecule has 98 valence electrons. The Morgan fingerprint density at radius 3 is 2.72 bits per heavy atom. The fraction of sp³-hybridized carbons (Fsp3) is 0.385. The highest BCUT2D eigenvalue weighted by atomic mass is 32.2. The van der Waals surface area contributed by atoms with Crippen molar-refractivity contribution in [1.82, 2.24) is 4.72 Å². The van der Waals surface area contributed by atoms with Crippen LogP contribution in [0.1, 0.15) is 26.5 Å². The Hall–Kier alpha value is -1.20. The lowest BCUT2D eigenvalue weighted by Crippen LogP contribution is -2.32. The molecule has 1 aromatic carbocycles. The van der Waals surface area contributed by atoms with Gasteiger partial charge in [0.25, 0.3) is 0 Å². The van der Waals surface area contributed by atoms with E-state index < -0.39 is 11.0 Å². The summed E-state index contributed by atoms with van der Waals surface area (Å²) in [7, 11) is -1.15. The van der Waals surface area contributed by atoms with Gasteiger partial charge in [-0.1, -0.05) is 0 Å². The first kappa shape index (κ1) is 13.2. The summed E-state index contributed by atoms with van der Waals surface area (Å²) in [6.45, 7) is 6.04. The van der Waals surface area contributed by atoms with Crippen LogP contribution in [0, 0.1) is 5.82 Å². The van der Waals surface area contributed by atoms with E-state index >= 15 is 0 Å². The summed E-state index contributed by atoms with van der Waals surface area (Å²) < 4.78 is 32.9. The van der Waals surface area contributed by atoms with E-state index in [2.05, 4.69) is 4.72 Å². The third-order valence-electron chi connectivity index (χ3n) is 2.46. The van der Waals surface area contributed by atoms with Crippen LogP contribution < -0.4 is 4.72 Å². The highest BCUT2D eigenvalue weighted by Gasteiger charge is 2.19. The molecular weight excluding hydrogens is 253 g/mol. The largest absolute Gasteiger partial charge is 0.460 e. The van der Waals surface area contributed by atoms with Crippen LogP contribution in [0.2, 0.25) is 0 Å². The molecule has 0 aliphatic heterocycles.